The topological polar surface area (TPSA) is 79.4 Å². The molecule has 1 saturated carbocycles. The number of hydrogen-bond acceptors (Lipinski definition) is 6. The molecule has 2 aromatic rings. The monoisotopic (exact) mass is 451 g/mol. The average Bonchev–Trinajstić information content (AvgIpc) is 2.73. The van der Waals surface area contributed by atoms with Crippen molar-refractivity contribution in [3.05, 3.63) is 41.6 Å². The zero-order chi connectivity index (χ0) is 23.3. The number of rotatable bonds is 7. The Morgan fingerprint density at radius 2 is 1.88 bits per heavy atom. The molecule has 3 rings (SSSR count). The van der Waals surface area contributed by atoms with Crippen LogP contribution in [0.5, 0.6) is 5.75 Å². The summed E-state index contributed by atoms with van der Waals surface area (Å²) in [7, 11) is 3.85. The van der Waals surface area contributed by atoms with E-state index in [0.717, 1.165) is 24.2 Å². The Bertz CT molecular complexity index is 928. The van der Waals surface area contributed by atoms with Crippen LogP contribution in [-0.2, 0) is 11.3 Å². The minimum atomic E-state index is -4.78. The average molecular weight is 451 g/mol. The summed E-state index contributed by atoms with van der Waals surface area (Å²) in [6.07, 6.45) is -0.0853. The summed E-state index contributed by atoms with van der Waals surface area (Å²) in [6, 6.07) is 5.97. The predicted molar refractivity (Wildman–Crippen MR) is 115 cm³/mol. The van der Waals surface area contributed by atoms with Gasteiger partial charge in [0.15, 0.2) is 0 Å². The number of alkyl halides is 3. The van der Waals surface area contributed by atoms with Crippen LogP contribution >= 0.6 is 0 Å². The number of hydrogen-bond donors (Lipinski definition) is 2. The summed E-state index contributed by atoms with van der Waals surface area (Å²) in [5.41, 5.74) is 1.27. The number of carbonyl (C=O) groups is 1. The van der Waals surface area contributed by atoms with Gasteiger partial charge in [-0.2, -0.15) is 4.98 Å². The first-order chi connectivity index (χ1) is 15.1. The Kier molecular flexibility index (Phi) is 7.42. The van der Waals surface area contributed by atoms with Crippen molar-refractivity contribution < 1.29 is 22.7 Å². The Hall–Kier alpha value is -3.04. The van der Waals surface area contributed by atoms with Crippen molar-refractivity contribution in [2.45, 2.75) is 51.6 Å². The fourth-order valence-electron chi connectivity index (χ4n) is 3.84. The molecule has 1 aliphatic carbocycles. The van der Waals surface area contributed by atoms with Crippen LogP contribution in [-0.4, -0.2) is 42.4 Å². The van der Waals surface area contributed by atoms with Crippen molar-refractivity contribution >= 4 is 17.7 Å². The van der Waals surface area contributed by atoms with Crippen LogP contribution < -0.4 is 20.3 Å². The van der Waals surface area contributed by atoms with E-state index in [1.54, 1.807) is 12.3 Å². The molecule has 1 amide bonds. The highest BCUT2D eigenvalue weighted by Crippen LogP contribution is 2.28. The van der Waals surface area contributed by atoms with Crippen molar-refractivity contribution in [1.29, 1.82) is 0 Å². The number of amides is 1. The van der Waals surface area contributed by atoms with Crippen molar-refractivity contribution in [1.82, 2.24) is 15.3 Å². The molecule has 1 aromatic carbocycles. The second-order valence-electron chi connectivity index (χ2n) is 8.16. The Morgan fingerprint density at radius 1 is 1.19 bits per heavy atom. The summed E-state index contributed by atoms with van der Waals surface area (Å²) in [5.74, 6) is 0.772. The predicted octanol–water partition coefficient (Wildman–Crippen LogP) is 4.04. The maximum Gasteiger partial charge on any atom is 0.573 e. The first-order valence-corrected chi connectivity index (χ1v) is 10.5. The first kappa shape index (κ1) is 23.6. The zero-order valence-corrected chi connectivity index (χ0v) is 18.4. The number of anilines is 2. The molecule has 32 heavy (non-hydrogen) atoms. The van der Waals surface area contributed by atoms with Gasteiger partial charge in [0.2, 0.25) is 11.9 Å². The van der Waals surface area contributed by atoms with E-state index in [-0.39, 0.29) is 35.7 Å². The Labute approximate surface area is 185 Å². The maximum absolute atomic E-state index is 12.6. The van der Waals surface area contributed by atoms with E-state index in [9.17, 15) is 18.0 Å². The fraction of sp³-hybridized carbons (Fsp3) is 0.500. The molecule has 10 heteroatoms. The molecule has 0 atom stereocenters. The third-order valence-electron chi connectivity index (χ3n) is 5.45. The van der Waals surface area contributed by atoms with E-state index < -0.39 is 6.36 Å². The van der Waals surface area contributed by atoms with Crippen molar-refractivity contribution in [3.8, 4) is 5.75 Å². The molecule has 0 radical (unpaired) electrons. The largest absolute Gasteiger partial charge is 0.573 e. The first-order valence-electron chi connectivity index (χ1n) is 10.5. The maximum atomic E-state index is 12.6. The van der Waals surface area contributed by atoms with Crippen LogP contribution in [0.25, 0.3) is 0 Å². The standard InChI is InChI=1S/C22H28F3N5O2/c1-14-12-27-21(29-19(14)30(2)3)28-17-10-8-15(9-11-17)20(31)26-13-16-6-4-5-7-18(16)32-22(23,24)25/h4-7,12,15,17H,8-11,13H2,1-3H3,(H,26,31)(H,27,28,29). The van der Waals surface area contributed by atoms with E-state index >= 15 is 0 Å². The lowest BCUT2D eigenvalue weighted by atomic mass is 9.85. The van der Waals surface area contributed by atoms with Gasteiger partial charge in [0, 0.05) is 49.9 Å². The van der Waals surface area contributed by atoms with Gasteiger partial charge < -0.3 is 20.3 Å². The van der Waals surface area contributed by atoms with E-state index in [1.165, 1.54) is 18.2 Å². The number of halogens is 3. The molecule has 1 aliphatic rings. The molecule has 0 unspecified atom stereocenters. The van der Waals surface area contributed by atoms with Crippen LogP contribution in [0.15, 0.2) is 30.5 Å². The smallest absolute Gasteiger partial charge is 0.405 e. The number of aryl methyl sites for hydroxylation is 1. The number of aromatic nitrogens is 2. The molecule has 0 bridgehead atoms. The van der Waals surface area contributed by atoms with Crippen LogP contribution in [0.4, 0.5) is 24.9 Å². The minimum absolute atomic E-state index is 0.0201. The van der Waals surface area contributed by atoms with Crippen molar-refractivity contribution in [2.24, 2.45) is 5.92 Å². The summed E-state index contributed by atoms with van der Waals surface area (Å²) in [6.45, 7) is 1.93. The van der Waals surface area contributed by atoms with E-state index in [4.69, 9.17) is 0 Å². The molecule has 1 heterocycles. The quantitative estimate of drug-likeness (QED) is 0.662. The van der Waals surface area contributed by atoms with Gasteiger partial charge in [0.25, 0.3) is 0 Å². The molecule has 0 saturated heterocycles. The highest BCUT2D eigenvalue weighted by atomic mass is 19.4. The number of nitrogens with zero attached hydrogens (tertiary/aromatic N) is 3. The molecule has 1 fully saturated rings. The van der Waals surface area contributed by atoms with Crippen molar-refractivity contribution in [2.75, 3.05) is 24.3 Å². The van der Waals surface area contributed by atoms with Gasteiger partial charge in [0.05, 0.1) is 0 Å². The highest BCUT2D eigenvalue weighted by molar-refractivity contribution is 5.78. The minimum Gasteiger partial charge on any atom is -0.405 e. The van der Waals surface area contributed by atoms with Gasteiger partial charge in [-0.05, 0) is 38.7 Å². The fourth-order valence-corrected chi connectivity index (χ4v) is 3.84. The molecule has 0 aliphatic heterocycles. The van der Waals surface area contributed by atoms with Crippen LogP contribution in [0, 0.1) is 12.8 Å². The Balaban J connectivity index is 1.50. The van der Waals surface area contributed by atoms with Gasteiger partial charge in [-0.3, -0.25) is 4.79 Å². The number of carbonyl (C=O) groups excluding carboxylic acids is 1. The Morgan fingerprint density at radius 3 is 2.53 bits per heavy atom. The van der Waals surface area contributed by atoms with Crippen LogP contribution in [0.3, 0.4) is 0 Å². The zero-order valence-electron chi connectivity index (χ0n) is 18.4. The second-order valence-corrected chi connectivity index (χ2v) is 8.16. The number of ether oxygens (including phenoxy) is 1. The van der Waals surface area contributed by atoms with Gasteiger partial charge in [-0.15, -0.1) is 13.2 Å². The highest BCUT2D eigenvalue weighted by Gasteiger charge is 2.32. The summed E-state index contributed by atoms with van der Waals surface area (Å²) < 4.78 is 41.7. The molecule has 2 N–H and O–H groups in total. The summed E-state index contributed by atoms with van der Waals surface area (Å²) >= 11 is 0. The molecule has 7 nitrogen and oxygen atoms in total. The van der Waals surface area contributed by atoms with E-state index in [2.05, 4.69) is 25.3 Å². The lowest BCUT2D eigenvalue weighted by Crippen LogP contribution is -2.36. The molecular weight excluding hydrogens is 423 g/mol. The molecule has 174 valence electrons. The van der Waals surface area contributed by atoms with E-state index in [1.807, 2.05) is 25.9 Å². The van der Waals surface area contributed by atoms with Gasteiger partial charge in [0.1, 0.15) is 11.6 Å². The van der Waals surface area contributed by atoms with Gasteiger partial charge in [-0.25, -0.2) is 4.98 Å². The molecule has 1 aromatic heterocycles. The summed E-state index contributed by atoms with van der Waals surface area (Å²) in [4.78, 5) is 23.4. The van der Waals surface area contributed by atoms with Gasteiger partial charge in [-0.1, -0.05) is 18.2 Å². The van der Waals surface area contributed by atoms with Crippen molar-refractivity contribution in [3.63, 3.8) is 0 Å². The molecular formula is C22H28F3N5O2. The number of para-hydroxylation sites is 1. The lowest BCUT2D eigenvalue weighted by Gasteiger charge is -2.28. The van der Waals surface area contributed by atoms with Crippen LogP contribution in [0.2, 0.25) is 0 Å². The molecule has 0 spiro atoms. The number of nitrogens with one attached hydrogen (secondary N) is 2. The van der Waals surface area contributed by atoms with Gasteiger partial charge >= 0.3 is 6.36 Å². The summed E-state index contributed by atoms with van der Waals surface area (Å²) in [5, 5.41) is 6.09. The van der Waals surface area contributed by atoms with Crippen LogP contribution in [0.1, 0.15) is 36.8 Å². The second kappa shape index (κ2) is 10.1. The number of benzene rings is 1. The lowest BCUT2D eigenvalue weighted by molar-refractivity contribution is -0.274. The normalized spacial score (nSPS) is 18.7. The third kappa shape index (κ3) is 6.48. The third-order valence-corrected chi connectivity index (χ3v) is 5.45. The SMILES string of the molecule is Cc1cnc(NC2CCC(C(=O)NCc3ccccc3OC(F)(F)F)CC2)nc1N(C)C. The van der Waals surface area contributed by atoms with E-state index in [0.29, 0.717) is 18.8 Å².